The number of rotatable bonds is 6. The van der Waals surface area contributed by atoms with Crippen LogP contribution < -0.4 is 0 Å². The van der Waals surface area contributed by atoms with Gasteiger partial charge in [-0.05, 0) is 5.56 Å². The molecule has 7 heteroatoms. The minimum absolute atomic E-state index is 0.218. The first-order chi connectivity index (χ1) is 11.0. The van der Waals surface area contributed by atoms with Gasteiger partial charge in [-0.1, -0.05) is 65.8 Å². The van der Waals surface area contributed by atoms with Crippen molar-refractivity contribution in [2.24, 2.45) is 5.16 Å². The molecule has 2 rings (SSSR count). The highest BCUT2D eigenvalue weighted by Crippen LogP contribution is 2.10. The van der Waals surface area contributed by atoms with E-state index in [1.54, 1.807) is 60.7 Å². The van der Waals surface area contributed by atoms with Gasteiger partial charge in [-0.2, -0.15) is 8.42 Å². The Kier molecular flexibility index (Phi) is 5.48. The molecular formula is C16H15NO5S. The molecule has 0 aliphatic rings. The van der Waals surface area contributed by atoms with E-state index in [1.165, 1.54) is 7.11 Å². The zero-order valence-corrected chi connectivity index (χ0v) is 13.2. The van der Waals surface area contributed by atoms with Crippen LogP contribution in [0, 0.1) is 0 Å². The van der Waals surface area contributed by atoms with Crippen LogP contribution in [0.1, 0.15) is 11.1 Å². The van der Waals surface area contributed by atoms with Crippen molar-refractivity contribution in [3.05, 3.63) is 71.8 Å². The van der Waals surface area contributed by atoms with Gasteiger partial charge in [0, 0.05) is 5.56 Å². The van der Waals surface area contributed by atoms with E-state index in [2.05, 4.69) is 14.2 Å². The van der Waals surface area contributed by atoms with Crippen molar-refractivity contribution in [2.45, 2.75) is 5.75 Å². The maximum absolute atomic E-state index is 12.0. The van der Waals surface area contributed by atoms with E-state index in [4.69, 9.17) is 0 Å². The molecule has 0 atom stereocenters. The van der Waals surface area contributed by atoms with Gasteiger partial charge in [0.2, 0.25) is 0 Å². The van der Waals surface area contributed by atoms with Crippen LogP contribution in [0.15, 0.2) is 65.8 Å². The lowest BCUT2D eigenvalue weighted by Gasteiger charge is -2.05. The molecule has 0 radical (unpaired) electrons. The lowest BCUT2D eigenvalue weighted by atomic mass is 10.1. The summed E-state index contributed by atoms with van der Waals surface area (Å²) in [5.74, 6) is -1.13. The van der Waals surface area contributed by atoms with Crippen molar-refractivity contribution in [3.63, 3.8) is 0 Å². The first-order valence-electron chi connectivity index (χ1n) is 6.69. The summed E-state index contributed by atoms with van der Waals surface area (Å²) in [5, 5.41) is 3.49. The fourth-order valence-corrected chi connectivity index (χ4v) is 2.64. The molecule has 0 amide bonds. The Bertz CT molecular complexity index is 786. The van der Waals surface area contributed by atoms with E-state index in [1.807, 2.05) is 0 Å². The first-order valence-corrected chi connectivity index (χ1v) is 8.26. The first kappa shape index (κ1) is 16.7. The molecule has 0 aliphatic carbocycles. The lowest BCUT2D eigenvalue weighted by molar-refractivity contribution is -0.132. The number of carbonyl (C=O) groups is 1. The number of methoxy groups -OCH3 is 1. The predicted octanol–water partition coefficient (Wildman–Crippen LogP) is 2.11. The standard InChI is InChI=1S/C16H15NO5S/c1-21-16(18)15(14-10-6-3-7-11-14)17-22-23(19,20)12-13-8-4-2-5-9-13/h2-11H,12H2,1H3. The van der Waals surface area contributed by atoms with Crippen molar-refractivity contribution in [1.29, 1.82) is 0 Å². The lowest BCUT2D eigenvalue weighted by Crippen LogP contribution is -2.19. The quantitative estimate of drug-likeness (QED) is 0.459. The van der Waals surface area contributed by atoms with Gasteiger partial charge in [-0.15, -0.1) is 0 Å². The average molecular weight is 333 g/mol. The maximum Gasteiger partial charge on any atom is 0.360 e. The zero-order valence-electron chi connectivity index (χ0n) is 12.4. The summed E-state index contributed by atoms with van der Waals surface area (Å²) in [6, 6.07) is 16.9. The summed E-state index contributed by atoms with van der Waals surface area (Å²) in [4.78, 5) is 11.8. The number of oxime groups is 1. The number of esters is 1. The predicted molar refractivity (Wildman–Crippen MR) is 85.1 cm³/mol. The molecule has 0 unspecified atom stereocenters. The molecule has 2 aromatic carbocycles. The fourth-order valence-electron chi connectivity index (χ4n) is 1.80. The van der Waals surface area contributed by atoms with Gasteiger partial charge in [0.05, 0.1) is 7.11 Å². The topological polar surface area (TPSA) is 82.0 Å². The number of benzene rings is 2. The summed E-state index contributed by atoms with van der Waals surface area (Å²) in [6.07, 6.45) is 0. The normalized spacial score (nSPS) is 11.8. The molecule has 0 spiro atoms. The molecule has 0 heterocycles. The smallest absolute Gasteiger partial charge is 0.360 e. The second-order valence-electron chi connectivity index (χ2n) is 4.56. The molecule has 120 valence electrons. The van der Waals surface area contributed by atoms with E-state index in [0.29, 0.717) is 11.1 Å². The maximum atomic E-state index is 12.0. The Balaban J connectivity index is 2.21. The van der Waals surface area contributed by atoms with Crippen LogP contribution in [0.25, 0.3) is 0 Å². The van der Waals surface area contributed by atoms with E-state index < -0.39 is 16.1 Å². The Morgan fingerprint density at radius 1 is 1.00 bits per heavy atom. The van der Waals surface area contributed by atoms with Crippen molar-refractivity contribution in [3.8, 4) is 0 Å². The van der Waals surface area contributed by atoms with Crippen molar-refractivity contribution >= 4 is 21.8 Å². The van der Waals surface area contributed by atoms with Crippen LogP contribution in [-0.4, -0.2) is 27.2 Å². The molecular weight excluding hydrogens is 318 g/mol. The highest BCUT2D eigenvalue weighted by Gasteiger charge is 2.19. The number of hydrogen-bond donors (Lipinski definition) is 0. The Hall–Kier alpha value is -2.67. The molecule has 2 aromatic rings. The monoisotopic (exact) mass is 333 g/mol. The molecule has 0 N–H and O–H groups in total. The molecule has 0 fully saturated rings. The van der Waals surface area contributed by atoms with Crippen LogP contribution in [0.4, 0.5) is 0 Å². The van der Waals surface area contributed by atoms with Crippen LogP contribution in [0.3, 0.4) is 0 Å². The van der Waals surface area contributed by atoms with Crippen LogP contribution in [0.2, 0.25) is 0 Å². The highest BCUT2D eigenvalue weighted by molar-refractivity contribution is 7.85. The minimum atomic E-state index is -3.97. The van der Waals surface area contributed by atoms with E-state index in [-0.39, 0.29) is 11.5 Å². The van der Waals surface area contributed by atoms with Crippen molar-refractivity contribution < 1.29 is 22.2 Å². The highest BCUT2D eigenvalue weighted by atomic mass is 32.2. The van der Waals surface area contributed by atoms with Gasteiger partial charge in [-0.25, -0.2) is 4.79 Å². The van der Waals surface area contributed by atoms with Gasteiger partial charge in [0.1, 0.15) is 5.75 Å². The van der Waals surface area contributed by atoms with Crippen LogP contribution >= 0.6 is 0 Å². The van der Waals surface area contributed by atoms with Gasteiger partial charge in [-0.3, -0.25) is 4.28 Å². The van der Waals surface area contributed by atoms with Gasteiger partial charge < -0.3 is 4.74 Å². The van der Waals surface area contributed by atoms with Crippen LogP contribution in [0.5, 0.6) is 0 Å². The van der Waals surface area contributed by atoms with Gasteiger partial charge >= 0.3 is 16.1 Å². The van der Waals surface area contributed by atoms with Crippen molar-refractivity contribution in [2.75, 3.05) is 7.11 Å². The Morgan fingerprint density at radius 3 is 2.13 bits per heavy atom. The average Bonchev–Trinajstić information content (AvgIpc) is 2.56. The zero-order chi connectivity index (χ0) is 16.7. The molecule has 0 aliphatic heterocycles. The van der Waals surface area contributed by atoms with Crippen LogP contribution in [-0.2, 0) is 29.7 Å². The third-order valence-corrected chi connectivity index (χ3v) is 3.84. The summed E-state index contributed by atoms with van der Waals surface area (Å²) < 4.78 is 33.2. The second kappa shape index (κ2) is 7.55. The van der Waals surface area contributed by atoms with Gasteiger partial charge in [0.15, 0.2) is 5.71 Å². The third-order valence-electron chi connectivity index (χ3n) is 2.85. The van der Waals surface area contributed by atoms with E-state index in [0.717, 1.165) is 0 Å². The van der Waals surface area contributed by atoms with Gasteiger partial charge in [0.25, 0.3) is 0 Å². The summed E-state index contributed by atoms with van der Waals surface area (Å²) in [7, 11) is -2.79. The number of hydrogen-bond acceptors (Lipinski definition) is 6. The number of carbonyl (C=O) groups excluding carboxylic acids is 1. The fraction of sp³-hybridized carbons (Fsp3) is 0.125. The Morgan fingerprint density at radius 2 is 1.57 bits per heavy atom. The SMILES string of the molecule is COC(=O)C(=NOS(=O)(=O)Cc1ccccc1)c1ccccc1. The molecule has 0 bridgehead atoms. The molecule has 0 aromatic heterocycles. The summed E-state index contributed by atoms with van der Waals surface area (Å²) in [5.41, 5.74) is 0.737. The number of nitrogens with zero attached hydrogens (tertiary/aromatic N) is 1. The van der Waals surface area contributed by atoms with Crippen molar-refractivity contribution in [1.82, 2.24) is 0 Å². The molecule has 0 saturated heterocycles. The summed E-state index contributed by atoms with van der Waals surface area (Å²) in [6.45, 7) is 0. The largest absolute Gasteiger partial charge is 0.464 e. The third kappa shape index (κ3) is 4.93. The van der Waals surface area contributed by atoms with E-state index in [9.17, 15) is 13.2 Å². The Labute approximate surface area is 134 Å². The molecule has 6 nitrogen and oxygen atoms in total. The number of ether oxygens (including phenoxy) is 1. The minimum Gasteiger partial charge on any atom is -0.464 e. The molecule has 0 saturated carbocycles. The molecule has 23 heavy (non-hydrogen) atoms. The second-order valence-corrected chi connectivity index (χ2v) is 6.11. The van der Waals surface area contributed by atoms with E-state index >= 15 is 0 Å². The summed E-state index contributed by atoms with van der Waals surface area (Å²) >= 11 is 0.